The minimum absolute atomic E-state index is 0.262. The predicted molar refractivity (Wildman–Crippen MR) is 78.0 cm³/mol. The smallest absolute Gasteiger partial charge is 0.243 e. The lowest BCUT2D eigenvalue weighted by molar-refractivity contribution is 0.171. The van der Waals surface area contributed by atoms with Crippen molar-refractivity contribution in [1.29, 1.82) is 0 Å². The third-order valence-electron chi connectivity index (χ3n) is 4.06. The van der Waals surface area contributed by atoms with Gasteiger partial charge in [-0.05, 0) is 37.4 Å². The zero-order chi connectivity index (χ0) is 14.9. The second-order valence-corrected chi connectivity index (χ2v) is 7.33. The first-order chi connectivity index (χ1) is 10.1. The number of nitrogens with two attached hydrogens (primary N) is 1. The molecule has 0 aromatic heterocycles. The van der Waals surface area contributed by atoms with Crippen molar-refractivity contribution in [2.24, 2.45) is 11.7 Å². The van der Waals surface area contributed by atoms with Crippen molar-refractivity contribution in [3.63, 3.8) is 0 Å². The molecule has 116 valence electrons. The van der Waals surface area contributed by atoms with Crippen molar-refractivity contribution in [1.82, 2.24) is 4.31 Å². The van der Waals surface area contributed by atoms with Gasteiger partial charge in [-0.25, -0.2) is 8.42 Å². The Bertz CT molecular complexity index is 609. The fourth-order valence-electron chi connectivity index (χ4n) is 2.72. The van der Waals surface area contributed by atoms with Crippen LogP contribution in [0.2, 0.25) is 0 Å². The molecule has 0 radical (unpaired) electrons. The zero-order valence-electron chi connectivity index (χ0n) is 11.8. The molecule has 2 heterocycles. The van der Waals surface area contributed by atoms with Crippen molar-refractivity contribution in [2.45, 2.75) is 17.7 Å². The number of sulfonamides is 1. The predicted octanol–water partition coefficient (Wildman–Crippen LogP) is 0.817. The second kappa shape index (κ2) is 5.82. The second-order valence-electron chi connectivity index (χ2n) is 5.39. The van der Waals surface area contributed by atoms with E-state index in [1.165, 1.54) is 4.31 Å². The number of hydrogen-bond acceptors (Lipinski definition) is 5. The first-order valence-corrected chi connectivity index (χ1v) is 8.65. The maximum Gasteiger partial charge on any atom is 0.243 e. The van der Waals surface area contributed by atoms with Crippen molar-refractivity contribution < 1.29 is 17.9 Å². The van der Waals surface area contributed by atoms with Crippen LogP contribution in [0.4, 0.5) is 0 Å². The van der Waals surface area contributed by atoms with Crippen molar-refractivity contribution >= 4 is 10.0 Å². The molecule has 0 saturated carbocycles. The lowest BCUT2D eigenvalue weighted by atomic mass is 9.99. The molecule has 0 aliphatic carbocycles. The van der Waals surface area contributed by atoms with Gasteiger partial charge in [-0.3, -0.25) is 0 Å². The number of nitrogens with zero attached hydrogens (tertiary/aromatic N) is 1. The zero-order valence-corrected chi connectivity index (χ0v) is 12.6. The number of piperidine rings is 1. The molecule has 1 saturated heterocycles. The van der Waals surface area contributed by atoms with E-state index in [0.717, 1.165) is 12.8 Å². The maximum atomic E-state index is 12.7. The molecule has 0 atom stereocenters. The molecule has 1 fully saturated rings. The number of ether oxygens (including phenoxy) is 2. The van der Waals surface area contributed by atoms with Gasteiger partial charge < -0.3 is 15.2 Å². The fourth-order valence-corrected chi connectivity index (χ4v) is 4.20. The summed E-state index contributed by atoms with van der Waals surface area (Å²) in [6, 6.07) is 4.80. The van der Waals surface area contributed by atoms with E-state index < -0.39 is 10.0 Å². The fraction of sp³-hybridized carbons (Fsp3) is 0.571. The molecule has 2 N–H and O–H groups in total. The Balaban J connectivity index is 1.82. The van der Waals surface area contributed by atoms with Gasteiger partial charge in [0.15, 0.2) is 11.5 Å². The Labute approximate surface area is 124 Å². The van der Waals surface area contributed by atoms with Gasteiger partial charge >= 0.3 is 0 Å². The van der Waals surface area contributed by atoms with Crippen LogP contribution in [0.25, 0.3) is 0 Å². The Kier molecular flexibility index (Phi) is 4.05. The van der Waals surface area contributed by atoms with Crippen LogP contribution in [0.1, 0.15) is 12.8 Å². The van der Waals surface area contributed by atoms with Crippen molar-refractivity contribution in [2.75, 3.05) is 32.8 Å². The molecule has 3 rings (SSSR count). The Morgan fingerprint density at radius 2 is 1.81 bits per heavy atom. The summed E-state index contributed by atoms with van der Waals surface area (Å²) in [5.41, 5.74) is 5.65. The van der Waals surface area contributed by atoms with E-state index in [-0.39, 0.29) is 4.90 Å². The standard InChI is InChI=1S/C14H20N2O4S/c15-10-11-3-5-16(6-4-11)21(17,18)12-1-2-13-14(9-12)20-8-7-19-13/h1-2,9,11H,3-8,10,15H2. The van der Waals surface area contributed by atoms with Gasteiger partial charge in [-0.2, -0.15) is 4.31 Å². The SMILES string of the molecule is NCC1CCN(S(=O)(=O)c2ccc3c(c2)OCCO3)CC1. The van der Waals surface area contributed by atoms with E-state index in [2.05, 4.69) is 0 Å². The summed E-state index contributed by atoms with van der Waals surface area (Å²) in [6.45, 7) is 2.61. The summed E-state index contributed by atoms with van der Waals surface area (Å²) < 4.78 is 37.7. The normalized spacial score (nSPS) is 20.4. The highest BCUT2D eigenvalue weighted by Gasteiger charge is 2.30. The molecule has 2 aliphatic heterocycles. The highest BCUT2D eigenvalue weighted by molar-refractivity contribution is 7.89. The monoisotopic (exact) mass is 312 g/mol. The summed E-state index contributed by atoms with van der Waals surface area (Å²) in [5.74, 6) is 1.53. The van der Waals surface area contributed by atoms with E-state index in [9.17, 15) is 8.42 Å². The average Bonchev–Trinajstić information content (AvgIpc) is 2.54. The van der Waals surface area contributed by atoms with Crippen LogP contribution in [0.5, 0.6) is 11.5 Å². The maximum absolute atomic E-state index is 12.7. The Morgan fingerprint density at radius 3 is 2.48 bits per heavy atom. The molecule has 0 bridgehead atoms. The van der Waals surface area contributed by atoms with E-state index >= 15 is 0 Å². The van der Waals surface area contributed by atoms with Gasteiger partial charge in [0.2, 0.25) is 10.0 Å². The van der Waals surface area contributed by atoms with Gasteiger partial charge in [-0.1, -0.05) is 0 Å². The summed E-state index contributed by atoms with van der Waals surface area (Å²) in [4.78, 5) is 0.262. The van der Waals surface area contributed by atoms with E-state index in [1.807, 2.05) is 0 Å². The third kappa shape index (κ3) is 2.86. The molecule has 2 aliphatic rings. The highest BCUT2D eigenvalue weighted by Crippen LogP contribution is 2.33. The van der Waals surface area contributed by atoms with Crippen LogP contribution in [0.3, 0.4) is 0 Å². The highest BCUT2D eigenvalue weighted by atomic mass is 32.2. The Hall–Kier alpha value is -1.31. The molecule has 7 heteroatoms. The average molecular weight is 312 g/mol. The third-order valence-corrected chi connectivity index (χ3v) is 5.95. The van der Waals surface area contributed by atoms with Crippen LogP contribution < -0.4 is 15.2 Å². The van der Waals surface area contributed by atoms with Crippen molar-refractivity contribution in [3.8, 4) is 11.5 Å². The number of hydrogen-bond donors (Lipinski definition) is 1. The summed E-state index contributed by atoms with van der Waals surface area (Å²) in [5, 5.41) is 0. The molecule has 21 heavy (non-hydrogen) atoms. The molecular weight excluding hydrogens is 292 g/mol. The molecule has 0 spiro atoms. The van der Waals surface area contributed by atoms with E-state index in [4.69, 9.17) is 15.2 Å². The summed E-state index contributed by atoms with van der Waals surface area (Å²) in [7, 11) is -3.47. The number of fused-ring (bicyclic) bond motifs is 1. The molecule has 0 amide bonds. The van der Waals surface area contributed by atoms with E-state index in [1.54, 1.807) is 18.2 Å². The quantitative estimate of drug-likeness (QED) is 0.893. The summed E-state index contributed by atoms with van der Waals surface area (Å²) >= 11 is 0. The lowest BCUT2D eigenvalue weighted by Crippen LogP contribution is -2.40. The molecule has 6 nitrogen and oxygen atoms in total. The minimum Gasteiger partial charge on any atom is -0.486 e. The van der Waals surface area contributed by atoms with Gasteiger partial charge in [0.05, 0.1) is 4.90 Å². The van der Waals surface area contributed by atoms with Crippen molar-refractivity contribution in [3.05, 3.63) is 18.2 Å². The minimum atomic E-state index is -3.47. The molecule has 1 aromatic carbocycles. The molecule has 1 aromatic rings. The topological polar surface area (TPSA) is 81.9 Å². The lowest BCUT2D eigenvalue weighted by Gasteiger charge is -2.30. The Morgan fingerprint density at radius 1 is 1.14 bits per heavy atom. The first kappa shape index (κ1) is 14.6. The molecule has 0 unspecified atom stereocenters. The number of rotatable bonds is 3. The van der Waals surface area contributed by atoms with Crippen LogP contribution >= 0.6 is 0 Å². The first-order valence-electron chi connectivity index (χ1n) is 7.21. The van der Waals surface area contributed by atoms with E-state index in [0.29, 0.717) is 50.3 Å². The van der Waals surface area contributed by atoms with Crippen LogP contribution in [0.15, 0.2) is 23.1 Å². The van der Waals surface area contributed by atoms with Crippen LogP contribution in [-0.4, -0.2) is 45.6 Å². The summed E-state index contributed by atoms with van der Waals surface area (Å²) in [6.07, 6.45) is 1.64. The number of benzene rings is 1. The van der Waals surface area contributed by atoms with Crippen LogP contribution in [0, 0.1) is 5.92 Å². The van der Waals surface area contributed by atoms with Gasteiger partial charge in [-0.15, -0.1) is 0 Å². The van der Waals surface area contributed by atoms with Crippen LogP contribution in [-0.2, 0) is 10.0 Å². The largest absolute Gasteiger partial charge is 0.486 e. The van der Waals surface area contributed by atoms with Gasteiger partial charge in [0.25, 0.3) is 0 Å². The van der Waals surface area contributed by atoms with Gasteiger partial charge in [0, 0.05) is 19.2 Å². The molecular formula is C14H20N2O4S. The van der Waals surface area contributed by atoms with Gasteiger partial charge in [0.1, 0.15) is 13.2 Å².